The van der Waals surface area contributed by atoms with Gasteiger partial charge in [-0.15, -0.1) is 5.10 Å². The maximum Gasteiger partial charge on any atom is 0.322 e. The Hall–Kier alpha value is -3.98. The predicted octanol–water partition coefficient (Wildman–Crippen LogP) is 4.36. The summed E-state index contributed by atoms with van der Waals surface area (Å²) in [7, 11) is -3.73. The zero-order chi connectivity index (χ0) is 23.9. The molecule has 1 aliphatic heterocycles. The molecule has 3 aromatic carbocycles. The standard InChI is InChI=1S/C25H22N4O4S/c1-16-7-12-21(17(2)15-16)24-27-28-25(33-24)26-23(30)19-8-10-20(11-9-19)34(31,32)29-14-13-18-5-3-4-6-22(18)29/h3-12,15H,13-14H2,1-2H3,(H,26,28,30). The molecule has 2 heterocycles. The van der Waals surface area contributed by atoms with E-state index in [1.165, 1.54) is 28.6 Å². The second kappa shape index (κ2) is 8.42. The smallest absolute Gasteiger partial charge is 0.322 e. The lowest BCUT2D eigenvalue weighted by Gasteiger charge is -2.19. The van der Waals surface area contributed by atoms with Gasteiger partial charge in [-0.3, -0.25) is 14.4 Å². The first-order valence-corrected chi connectivity index (χ1v) is 12.2. The summed E-state index contributed by atoms with van der Waals surface area (Å²) in [6, 6.07) is 19.1. The second-order valence-corrected chi connectivity index (χ2v) is 10.0. The number of carbonyl (C=O) groups is 1. The van der Waals surface area contributed by atoms with Crippen molar-refractivity contribution in [3.63, 3.8) is 0 Å². The summed E-state index contributed by atoms with van der Waals surface area (Å²) in [6.07, 6.45) is 0.671. The highest BCUT2D eigenvalue weighted by Gasteiger charge is 2.30. The van der Waals surface area contributed by atoms with E-state index in [-0.39, 0.29) is 16.5 Å². The fraction of sp³-hybridized carbons (Fsp3) is 0.160. The molecule has 172 valence electrons. The molecule has 0 atom stereocenters. The number of nitrogens with one attached hydrogen (secondary N) is 1. The first-order chi connectivity index (χ1) is 16.3. The summed E-state index contributed by atoms with van der Waals surface area (Å²) in [4.78, 5) is 12.8. The Labute approximate surface area is 197 Å². The van der Waals surface area contributed by atoms with Crippen LogP contribution in [-0.4, -0.2) is 31.1 Å². The van der Waals surface area contributed by atoms with E-state index in [1.54, 1.807) is 6.07 Å². The van der Waals surface area contributed by atoms with Gasteiger partial charge < -0.3 is 4.42 Å². The Balaban J connectivity index is 1.32. The Morgan fingerprint density at radius 3 is 2.53 bits per heavy atom. The van der Waals surface area contributed by atoms with Crippen LogP contribution in [0.15, 0.2) is 76.0 Å². The first kappa shape index (κ1) is 21.8. The molecular formula is C25H22N4O4S. The molecule has 0 saturated carbocycles. The second-order valence-electron chi connectivity index (χ2n) is 8.17. The van der Waals surface area contributed by atoms with Crippen LogP contribution in [0.1, 0.15) is 27.0 Å². The fourth-order valence-electron chi connectivity index (χ4n) is 4.07. The molecule has 0 bridgehead atoms. The van der Waals surface area contributed by atoms with Crippen molar-refractivity contribution < 1.29 is 17.6 Å². The topological polar surface area (TPSA) is 105 Å². The van der Waals surface area contributed by atoms with Gasteiger partial charge in [0.1, 0.15) is 0 Å². The maximum atomic E-state index is 13.1. The molecule has 34 heavy (non-hydrogen) atoms. The number of aromatic nitrogens is 2. The van der Waals surface area contributed by atoms with E-state index in [0.717, 1.165) is 22.3 Å². The number of carbonyl (C=O) groups excluding carboxylic acids is 1. The summed E-state index contributed by atoms with van der Waals surface area (Å²) < 4.78 is 33.3. The van der Waals surface area contributed by atoms with Crippen molar-refractivity contribution in [2.75, 3.05) is 16.2 Å². The lowest BCUT2D eigenvalue weighted by Crippen LogP contribution is -2.29. The molecule has 0 spiro atoms. The molecule has 1 aliphatic rings. The Kier molecular flexibility index (Phi) is 5.41. The van der Waals surface area contributed by atoms with E-state index in [9.17, 15) is 13.2 Å². The third kappa shape index (κ3) is 3.94. The molecule has 1 amide bonds. The molecule has 1 aromatic heterocycles. The minimum Gasteiger partial charge on any atom is -0.403 e. The summed E-state index contributed by atoms with van der Waals surface area (Å²) in [5.74, 6) is -0.175. The number of amides is 1. The minimum atomic E-state index is -3.73. The molecule has 1 N–H and O–H groups in total. The number of para-hydroxylation sites is 1. The van der Waals surface area contributed by atoms with Crippen LogP contribution in [0.4, 0.5) is 11.7 Å². The average Bonchev–Trinajstić information content (AvgIpc) is 3.46. The van der Waals surface area contributed by atoms with Gasteiger partial charge in [-0.25, -0.2) is 8.42 Å². The van der Waals surface area contributed by atoms with Gasteiger partial charge in [-0.05, 0) is 67.8 Å². The van der Waals surface area contributed by atoms with Crippen molar-refractivity contribution >= 4 is 27.6 Å². The van der Waals surface area contributed by atoms with Crippen LogP contribution in [-0.2, 0) is 16.4 Å². The van der Waals surface area contributed by atoms with Gasteiger partial charge in [0.25, 0.3) is 15.9 Å². The van der Waals surface area contributed by atoms with Crippen molar-refractivity contribution in [2.24, 2.45) is 0 Å². The van der Waals surface area contributed by atoms with Crippen molar-refractivity contribution in [3.05, 3.63) is 89.0 Å². The molecule has 0 fully saturated rings. The fourth-order valence-corrected chi connectivity index (χ4v) is 5.57. The highest BCUT2D eigenvalue weighted by Crippen LogP contribution is 2.32. The summed E-state index contributed by atoms with van der Waals surface area (Å²) in [5.41, 5.74) is 4.86. The number of rotatable bonds is 5. The lowest BCUT2D eigenvalue weighted by atomic mass is 10.1. The average molecular weight is 475 g/mol. The summed E-state index contributed by atoms with van der Waals surface area (Å²) >= 11 is 0. The Morgan fingerprint density at radius 2 is 1.76 bits per heavy atom. The van der Waals surface area contributed by atoms with Gasteiger partial charge in [0, 0.05) is 17.7 Å². The van der Waals surface area contributed by atoms with Crippen LogP contribution >= 0.6 is 0 Å². The highest BCUT2D eigenvalue weighted by molar-refractivity contribution is 7.92. The Morgan fingerprint density at radius 1 is 1.00 bits per heavy atom. The predicted molar refractivity (Wildman–Crippen MR) is 128 cm³/mol. The quantitative estimate of drug-likeness (QED) is 0.461. The molecule has 0 aliphatic carbocycles. The molecule has 0 unspecified atom stereocenters. The SMILES string of the molecule is Cc1ccc(-c2nnc(NC(=O)c3ccc(S(=O)(=O)N4CCc5ccccc54)cc3)o2)c(C)c1. The van der Waals surface area contributed by atoms with Crippen LogP contribution < -0.4 is 9.62 Å². The van der Waals surface area contributed by atoms with E-state index in [4.69, 9.17) is 4.42 Å². The highest BCUT2D eigenvalue weighted by atomic mass is 32.2. The van der Waals surface area contributed by atoms with Gasteiger partial charge in [-0.2, -0.15) is 0 Å². The van der Waals surface area contributed by atoms with Crippen LogP contribution in [0.2, 0.25) is 0 Å². The monoisotopic (exact) mass is 474 g/mol. The number of fused-ring (bicyclic) bond motifs is 1. The molecular weight excluding hydrogens is 452 g/mol. The van der Waals surface area contributed by atoms with Crippen molar-refractivity contribution in [2.45, 2.75) is 25.2 Å². The minimum absolute atomic E-state index is 0.0367. The lowest BCUT2D eigenvalue weighted by molar-refractivity contribution is 0.102. The Bertz CT molecular complexity index is 1490. The third-order valence-corrected chi connectivity index (χ3v) is 7.63. The molecule has 8 nitrogen and oxygen atoms in total. The number of nitrogens with zero attached hydrogens (tertiary/aromatic N) is 3. The zero-order valence-corrected chi connectivity index (χ0v) is 19.5. The van der Waals surface area contributed by atoms with Gasteiger partial charge in [0.15, 0.2) is 0 Å². The van der Waals surface area contributed by atoms with E-state index in [0.29, 0.717) is 24.5 Å². The van der Waals surface area contributed by atoms with Crippen LogP contribution in [0.3, 0.4) is 0 Å². The molecule has 5 rings (SSSR count). The van der Waals surface area contributed by atoms with Gasteiger partial charge in [0.2, 0.25) is 5.89 Å². The maximum absolute atomic E-state index is 13.1. The number of anilines is 2. The number of sulfonamides is 1. The zero-order valence-electron chi connectivity index (χ0n) is 18.6. The van der Waals surface area contributed by atoms with E-state index >= 15 is 0 Å². The summed E-state index contributed by atoms with van der Waals surface area (Å²) in [6.45, 7) is 4.34. The van der Waals surface area contributed by atoms with Crippen molar-refractivity contribution in [1.82, 2.24) is 10.2 Å². The van der Waals surface area contributed by atoms with Crippen LogP contribution in [0.5, 0.6) is 0 Å². The molecule has 0 saturated heterocycles. The van der Waals surface area contributed by atoms with E-state index in [1.807, 2.05) is 50.2 Å². The number of hydrogen-bond acceptors (Lipinski definition) is 6. The summed E-state index contributed by atoms with van der Waals surface area (Å²) in [5, 5.41) is 10.5. The number of benzene rings is 3. The van der Waals surface area contributed by atoms with Gasteiger partial charge in [0.05, 0.1) is 10.6 Å². The normalized spacial score (nSPS) is 13.1. The van der Waals surface area contributed by atoms with E-state index in [2.05, 4.69) is 15.5 Å². The van der Waals surface area contributed by atoms with Gasteiger partial charge >= 0.3 is 6.01 Å². The number of hydrogen-bond donors (Lipinski definition) is 1. The first-order valence-electron chi connectivity index (χ1n) is 10.8. The molecule has 4 aromatic rings. The number of aryl methyl sites for hydroxylation is 2. The largest absolute Gasteiger partial charge is 0.403 e. The van der Waals surface area contributed by atoms with Crippen molar-refractivity contribution in [1.29, 1.82) is 0 Å². The van der Waals surface area contributed by atoms with Crippen molar-refractivity contribution in [3.8, 4) is 11.5 Å². The molecule has 0 radical (unpaired) electrons. The molecule has 9 heteroatoms. The van der Waals surface area contributed by atoms with Crippen LogP contribution in [0.25, 0.3) is 11.5 Å². The van der Waals surface area contributed by atoms with Crippen LogP contribution in [0, 0.1) is 13.8 Å². The third-order valence-electron chi connectivity index (χ3n) is 5.81. The van der Waals surface area contributed by atoms with Gasteiger partial charge in [-0.1, -0.05) is 41.0 Å². The van der Waals surface area contributed by atoms with E-state index < -0.39 is 15.9 Å².